The van der Waals surface area contributed by atoms with Gasteiger partial charge in [0.05, 0.1) is 4.47 Å². The third kappa shape index (κ3) is 5.76. The Kier molecular flexibility index (Phi) is 7.83. The highest BCUT2D eigenvalue weighted by Crippen LogP contribution is 2.33. The molecular formula is C27H28BrFN2O3. The topological polar surface area (TPSA) is 58.6 Å². The maximum Gasteiger partial charge on any atom is 0.261 e. The maximum absolute atomic E-state index is 13.4. The highest BCUT2D eigenvalue weighted by Gasteiger charge is 2.29. The molecule has 178 valence electrons. The molecule has 1 atom stereocenters. The smallest absolute Gasteiger partial charge is 0.261 e. The molecule has 1 N–H and O–H groups in total. The van der Waals surface area contributed by atoms with Crippen LogP contribution in [0.15, 0.2) is 65.1 Å². The largest absolute Gasteiger partial charge is 0.483 e. The highest BCUT2D eigenvalue weighted by molar-refractivity contribution is 9.10. The second kappa shape index (κ2) is 11.0. The van der Waals surface area contributed by atoms with Gasteiger partial charge in [-0.25, -0.2) is 4.39 Å². The summed E-state index contributed by atoms with van der Waals surface area (Å²) in [5.74, 6) is -0.303. The molecule has 2 amide bonds. The van der Waals surface area contributed by atoms with Crippen molar-refractivity contribution in [3.8, 4) is 5.75 Å². The molecule has 0 aliphatic heterocycles. The summed E-state index contributed by atoms with van der Waals surface area (Å²) in [4.78, 5) is 27.7. The normalized spacial score (nSPS) is 14.7. The van der Waals surface area contributed by atoms with E-state index in [4.69, 9.17) is 4.74 Å². The molecule has 0 heterocycles. The molecule has 34 heavy (non-hydrogen) atoms. The fourth-order valence-electron chi connectivity index (χ4n) is 4.31. The molecule has 1 fully saturated rings. The number of rotatable bonds is 8. The Balaban J connectivity index is 1.49. The summed E-state index contributed by atoms with van der Waals surface area (Å²) in [6.45, 7) is 1.68. The fraction of sp³-hybridized carbons (Fsp3) is 0.333. The minimum atomic E-state index is -0.693. The Labute approximate surface area is 207 Å². The summed E-state index contributed by atoms with van der Waals surface area (Å²) in [5, 5.41) is 5.12. The first-order valence-electron chi connectivity index (χ1n) is 11.6. The number of carbonyl (C=O) groups is 2. The van der Waals surface area contributed by atoms with E-state index in [-0.39, 0.29) is 36.8 Å². The molecule has 0 radical (unpaired) electrons. The van der Waals surface area contributed by atoms with E-state index in [1.54, 1.807) is 19.1 Å². The minimum absolute atomic E-state index is 0.155. The van der Waals surface area contributed by atoms with Gasteiger partial charge in [0.1, 0.15) is 17.6 Å². The quantitative estimate of drug-likeness (QED) is 0.415. The third-order valence-electron chi connectivity index (χ3n) is 6.31. The zero-order valence-corrected chi connectivity index (χ0v) is 20.7. The van der Waals surface area contributed by atoms with E-state index in [2.05, 4.69) is 21.2 Å². The summed E-state index contributed by atoms with van der Waals surface area (Å²) in [7, 11) is 0. The number of amides is 2. The Morgan fingerprint density at radius 3 is 2.53 bits per heavy atom. The molecule has 7 heteroatoms. The molecule has 0 aromatic heterocycles. The van der Waals surface area contributed by atoms with Crippen molar-refractivity contribution in [2.45, 2.75) is 51.2 Å². The number of hydrogen-bond donors (Lipinski definition) is 1. The first-order valence-corrected chi connectivity index (χ1v) is 12.4. The lowest BCUT2D eigenvalue weighted by Crippen LogP contribution is -2.50. The Hall–Kier alpha value is -2.93. The van der Waals surface area contributed by atoms with Crippen LogP contribution in [0.25, 0.3) is 10.8 Å². The summed E-state index contributed by atoms with van der Waals surface area (Å²) in [6.07, 6.45) is 4.13. The van der Waals surface area contributed by atoms with Gasteiger partial charge in [0.15, 0.2) is 6.61 Å². The molecule has 3 aromatic carbocycles. The second-order valence-electron chi connectivity index (χ2n) is 8.70. The zero-order valence-electron chi connectivity index (χ0n) is 19.1. The molecule has 3 aromatic rings. The van der Waals surface area contributed by atoms with Crippen LogP contribution in [-0.4, -0.2) is 35.4 Å². The van der Waals surface area contributed by atoms with Crippen LogP contribution < -0.4 is 10.1 Å². The van der Waals surface area contributed by atoms with E-state index in [9.17, 15) is 14.0 Å². The van der Waals surface area contributed by atoms with Crippen molar-refractivity contribution in [1.82, 2.24) is 10.2 Å². The molecule has 1 aliphatic carbocycles. The molecule has 0 saturated heterocycles. The van der Waals surface area contributed by atoms with Crippen LogP contribution in [0.2, 0.25) is 0 Å². The molecular weight excluding hydrogens is 499 g/mol. The van der Waals surface area contributed by atoms with Crippen molar-refractivity contribution in [3.05, 3.63) is 76.5 Å². The molecule has 0 spiro atoms. The monoisotopic (exact) mass is 526 g/mol. The summed E-state index contributed by atoms with van der Waals surface area (Å²) in [5.41, 5.74) is 0.738. The number of halogens is 2. The fourth-order valence-corrected chi connectivity index (χ4v) is 4.92. The van der Waals surface area contributed by atoms with Crippen molar-refractivity contribution in [3.63, 3.8) is 0 Å². The Bertz CT molecular complexity index is 1160. The Morgan fingerprint density at radius 2 is 1.79 bits per heavy atom. The van der Waals surface area contributed by atoms with Gasteiger partial charge in [-0.15, -0.1) is 0 Å². The average Bonchev–Trinajstić information content (AvgIpc) is 3.36. The predicted molar refractivity (Wildman–Crippen MR) is 134 cm³/mol. The van der Waals surface area contributed by atoms with E-state index in [0.717, 1.165) is 46.5 Å². The van der Waals surface area contributed by atoms with Gasteiger partial charge in [-0.2, -0.15) is 0 Å². The number of carbonyl (C=O) groups excluding carboxylic acids is 2. The van der Waals surface area contributed by atoms with Crippen LogP contribution >= 0.6 is 15.9 Å². The van der Waals surface area contributed by atoms with Gasteiger partial charge < -0.3 is 15.0 Å². The number of benzene rings is 3. The van der Waals surface area contributed by atoms with E-state index < -0.39 is 6.04 Å². The number of nitrogens with one attached hydrogen (secondary N) is 1. The van der Waals surface area contributed by atoms with Gasteiger partial charge >= 0.3 is 0 Å². The lowest BCUT2D eigenvalue weighted by atomic mass is 10.1. The number of fused-ring (bicyclic) bond motifs is 1. The summed E-state index contributed by atoms with van der Waals surface area (Å²) < 4.78 is 20.0. The lowest BCUT2D eigenvalue weighted by molar-refractivity contribution is -0.142. The standard InChI is InChI=1S/C27H28BrFN2O3/c1-18(27(33)30-22-7-3-4-8-22)31(16-19-10-13-21(29)14-11-19)25(32)17-34-24-15-12-20-6-2-5-9-23(20)26(24)28/h2,5-6,9-15,18,22H,3-4,7-8,16-17H2,1H3,(H,30,33). The number of hydrogen-bond acceptors (Lipinski definition) is 3. The van der Waals surface area contributed by atoms with E-state index in [0.29, 0.717) is 5.75 Å². The maximum atomic E-state index is 13.4. The number of ether oxygens (including phenoxy) is 1. The van der Waals surface area contributed by atoms with E-state index in [1.165, 1.54) is 17.0 Å². The van der Waals surface area contributed by atoms with Gasteiger partial charge in [0, 0.05) is 12.6 Å². The number of nitrogens with zero attached hydrogens (tertiary/aromatic N) is 1. The van der Waals surface area contributed by atoms with Gasteiger partial charge in [-0.3, -0.25) is 9.59 Å². The molecule has 0 bridgehead atoms. The third-order valence-corrected chi connectivity index (χ3v) is 7.13. The van der Waals surface area contributed by atoms with Crippen LogP contribution in [0.4, 0.5) is 4.39 Å². The van der Waals surface area contributed by atoms with Crippen molar-refractivity contribution in [1.29, 1.82) is 0 Å². The molecule has 1 aliphatic rings. The first-order chi connectivity index (χ1) is 16.4. The van der Waals surface area contributed by atoms with Crippen LogP contribution in [0.3, 0.4) is 0 Å². The highest BCUT2D eigenvalue weighted by atomic mass is 79.9. The van der Waals surface area contributed by atoms with Crippen molar-refractivity contribution >= 4 is 38.5 Å². The molecule has 1 saturated carbocycles. The van der Waals surface area contributed by atoms with Crippen LogP contribution in [0.5, 0.6) is 5.75 Å². The van der Waals surface area contributed by atoms with E-state index >= 15 is 0 Å². The van der Waals surface area contributed by atoms with Gasteiger partial charge in [0.2, 0.25) is 5.91 Å². The van der Waals surface area contributed by atoms with Crippen LogP contribution in [-0.2, 0) is 16.1 Å². The molecule has 1 unspecified atom stereocenters. The van der Waals surface area contributed by atoms with E-state index in [1.807, 2.05) is 36.4 Å². The van der Waals surface area contributed by atoms with Crippen molar-refractivity contribution in [2.75, 3.05) is 6.61 Å². The van der Waals surface area contributed by atoms with Crippen LogP contribution in [0.1, 0.15) is 38.2 Å². The zero-order chi connectivity index (χ0) is 24.1. The molecule has 4 rings (SSSR count). The lowest BCUT2D eigenvalue weighted by Gasteiger charge is -2.29. The van der Waals surface area contributed by atoms with Gasteiger partial charge in [-0.1, -0.05) is 55.3 Å². The Morgan fingerprint density at radius 1 is 1.09 bits per heavy atom. The predicted octanol–water partition coefficient (Wildman–Crippen LogP) is 5.60. The van der Waals surface area contributed by atoms with Gasteiger partial charge in [-0.05, 0) is 70.2 Å². The van der Waals surface area contributed by atoms with Crippen molar-refractivity contribution < 1.29 is 18.7 Å². The average molecular weight is 527 g/mol. The molecule has 5 nitrogen and oxygen atoms in total. The summed E-state index contributed by atoms with van der Waals surface area (Å²) in [6, 6.07) is 17.1. The second-order valence-corrected chi connectivity index (χ2v) is 9.49. The SMILES string of the molecule is CC(C(=O)NC1CCCC1)N(Cc1ccc(F)cc1)C(=O)COc1ccc2ccccc2c1Br. The van der Waals surface area contributed by atoms with Crippen LogP contribution in [0, 0.1) is 5.82 Å². The first kappa shape index (κ1) is 24.2. The van der Waals surface area contributed by atoms with Gasteiger partial charge in [0.25, 0.3) is 5.91 Å². The summed E-state index contributed by atoms with van der Waals surface area (Å²) >= 11 is 3.58. The minimum Gasteiger partial charge on any atom is -0.483 e. The van der Waals surface area contributed by atoms with Crippen molar-refractivity contribution in [2.24, 2.45) is 0 Å².